The zero-order valence-electron chi connectivity index (χ0n) is 27.2. The monoisotopic (exact) mass is 643 g/mol. The smallest absolute Gasteiger partial charge is 0.238 e. The number of hydrogen-bond acceptors (Lipinski definition) is 7. The maximum Gasteiger partial charge on any atom is 0.238 e. The topological polar surface area (TPSA) is 123 Å². The molecule has 1 aliphatic carbocycles. The van der Waals surface area contributed by atoms with Crippen LogP contribution in [-0.2, 0) is 9.59 Å². The van der Waals surface area contributed by atoms with Crippen LogP contribution in [0.25, 0.3) is 11.6 Å². The number of para-hydroxylation sites is 2. The molecule has 0 spiro atoms. The fourth-order valence-electron chi connectivity index (χ4n) is 7.15. The number of imide groups is 1. The van der Waals surface area contributed by atoms with Crippen LogP contribution < -0.4 is 10.2 Å². The van der Waals surface area contributed by atoms with E-state index in [4.69, 9.17) is 0 Å². The van der Waals surface area contributed by atoms with Gasteiger partial charge in [-0.1, -0.05) is 61.9 Å². The zero-order chi connectivity index (χ0) is 33.8. The van der Waals surface area contributed by atoms with Crippen LogP contribution in [0.3, 0.4) is 0 Å². The minimum atomic E-state index is -0.961. The largest absolute Gasteiger partial charge is 0.507 e. The number of amides is 2. The first-order chi connectivity index (χ1) is 23.3. The van der Waals surface area contributed by atoms with Crippen molar-refractivity contribution >= 4 is 40.5 Å². The molecule has 48 heavy (non-hydrogen) atoms. The van der Waals surface area contributed by atoms with Crippen molar-refractivity contribution in [3.63, 3.8) is 0 Å². The number of aliphatic hydroxyl groups is 2. The lowest BCUT2D eigenvalue weighted by Gasteiger charge is -2.38. The van der Waals surface area contributed by atoms with E-state index in [1.54, 1.807) is 30.5 Å². The molecular weight excluding hydrogens is 602 g/mol. The Balaban J connectivity index is 1.25. The van der Waals surface area contributed by atoms with Crippen molar-refractivity contribution in [3.05, 3.63) is 126 Å². The van der Waals surface area contributed by atoms with Crippen LogP contribution >= 0.6 is 0 Å². The molecular formula is C40H41N3O5. The van der Waals surface area contributed by atoms with Gasteiger partial charge in [-0.15, -0.1) is 0 Å². The van der Waals surface area contributed by atoms with E-state index >= 15 is 0 Å². The first-order valence-corrected chi connectivity index (χ1v) is 16.5. The summed E-state index contributed by atoms with van der Waals surface area (Å²) in [5.41, 5.74) is 6.00. The van der Waals surface area contributed by atoms with Crippen LogP contribution in [0.1, 0.15) is 44.4 Å². The highest BCUT2D eigenvalue weighted by Crippen LogP contribution is 2.49. The molecule has 0 radical (unpaired) electrons. The summed E-state index contributed by atoms with van der Waals surface area (Å²) in [4.78, 5) is 33.7. The van der Waals surface area contributed by atoms with Gasteiger partial charge in [0.15, 0.2) is 0 Å². The molecule has 2 aliphatic rings. The van der Waals surface area contributed by atoms with Crippen LogP contribution in [0.2, 0.25) is 0 Å². The Hall–Kier alpha value is -5.05. The molecule has 2 amide bonds. The number of carbonyl (C=O) groups is 2. The summed E-state index contributed by atoms with van der Waals surface area (Å²) in [6, 6.07) is 29.6. The average molecular weight is 644 g/mol. The molecule has 8 nitrogen and oxygen atoms in total. The lowest BCUT2D eigenvalue weighted by molar-refractivity contribution is -0.123. The standard InChI is InChI=1S/C40H41N3O5/c1-25(2)31-23-32-38(40(48)43(39(32)47)30-18-16-29(17-19-30)42-28-11-4-3-5-12-28)33(24-44)37(31)36(46)20-15-26(34-13-8-9-21-41-34)22-27-10-6-7-14-35(27)45/h3-14,16-19,21-22,25,32-33,36,38,42,44-46H,15,20,23-24H2,1-2H3/b26-22-/t32-,33+,36-,38-/m1/s1. The molecule has 1 fully saturated rings. The van der Waals surface area contributed by atoms with Crippen LogP contribution in [0, 0.1) is 23.7 Å². The first kappa shape index (κ1) is 32.9. The Kier molecular flexibility index (Phi) is 9.85. The molecule has 0 saturated carbocycles. The fraction of sp³-hybridized carbons (Fsp3) is 0.275. The molecule has 4 atom stereocenters. The number of aromatic nitrogens is 1. The van der Waals surface area contributed by atoms with Gasteiger partial charge in [0.1, 0.15) is 5.75 Å². The van der Waals surface area contributed by atoms with Gasteiger partial charge in [-0.05, 0) is 97.0 Å². The number of allylic oxidation sites excluding steroid dienone is 2. The van der Waals surface area contributed by atoms with E-state index in [9.17, 15) is 24.9 Å². The van der Waals surface area contributed by atoms with Gasteiger partial charge in [0.2, 0.25) is 11.8 Å². The number of benzene rings is 3. The maximum atomic E-state index is 14.1. The molecule has 4 N–H and O–H groups in total. The Morgan fingerprint density at radius 2 is 1.60 bits per heavy atom. The minimum Gasteiger partial charge on any atom is -0.507 e. The normalized spacial score (nSPS) is 20.3. The van der Waals surface area contributed by atoms with E-state index in [2.05, 4.69) is 10.3 Å². The number of pyridine rings is 1. The van der Waals surface area contributed by atoms with Crippen molar-refractivity contribution in [2.45, 2.75) is 39.2 Å². The fourth-order valence-corrected chi connectivity index (χ4v) is 7.15. The summed E-state index contributed by atoms with van der Waals surface area (Å²) in [5.74, 6) is -2.57. The number of anilines is 3. The second-order valence-electron chi connectivity index (χ2n) is 12.8. The van der Waals surface area contributed by atoms with Crippen LogP contribution in [0.4, 0.5) is 17.1 Å². The van der Waals surface area contributed by atoms with E-state index in [0.29, 0.717) is 36.1 Å². The minimum absolute atomic E-state index is 0.00276. The molecule has 6 rings (SSSR count). The summed E-state index contributed by atoms with van der Waals surface area (Å²) >= 11 is 0. The van der Waals surface area contributed by atoms with Gasteiger partial charge in [0.05, 0.1) is 35.9 Å². The number of nitrogens with zero attached hydrogens (tertiary/aromatic N) is 2. The number of nitrogens with one attached hydrogen (secondary N) is 1. The Bertz CT molecular complexity index is 1820. The molecule has 1 aromatic heterocycles. The summed E-state index contributed by atoms with van der Waals surface area (Å²) in [7, 11) is 0. The third-order valence-electron chi connectivity index (χ3n) is 9.51. The number of aromatic hydroxyl groups is 1. The van der Waals surface area contributed by atoms with Crippen LogP contribution in [0.15, 0.2) is 114 Å². The first-order valence-electron chi connectivity index (χ1n) is 16.5. The summed E-state index contributed by atoms with van der Waals surface area (Å²) in [6.45, 7) is 3.68. The molecule has 3 aromatic carbocycles. The van der Waals surface area contributed by atoms with E-state index in [0.717, 1.165) is 28.2 Å². The Morgan fingerprint density at radius 3 is 2.27 bits per heavy atom. The second-order valence-corrected chi connectivity index (χ2v) is 12.8. The van der Waals surface area contributed by atoms with Crippen molar-refractivity contribution in [2.75, 3.05) is 16.8 Å². The van der Waals surface area contributed by atoms with E-state index < -0.39 is 23.9 Å². The van der Waals surface area contributed by atoms with Gasteiger partial charge in [-0.25, -0.2) is 0 Å². The van der Waals surface area contributed by atoms with Gasteiger partial charge in [-0.2, -0.15) is 0 Å². The van der Waals surface area contributed by atoms with Gasteiger partial charge in [-0.3, -0.25) is 19.5 Å². The highest BCUT2D eigenvalue weighted by Gasteiger charge is 2.55. The third kappa shape index (κ3) is 6.68. The third-order valence-corrected chi connectivity index (χ3v) is 9.51. The molecule has 1 aliphatic heterocycles. The molecule has 0 bridgehead atoms. The van der Waals surface area contributed by atoms with Crippen molar-refractivity contribution < 1.29 is 24.9 Å². The van der Waals surface area contributed by atoms with E-state index in [1.165, 1.54) is 4.90 Å². The average Bonchev–Trinajstić information content (AvgIpc) is 3.36. The number of carbonyl (C=O) groups excluding carboxylic acids is 2. The summed E-state index contributed by atoms with van der Waals surface area (Å²) in [5, 5.41) is 36.4. The van der Waals surface area contributed by atoms with Gasteiger partial charge in [0.25, 0.3) is 0 Å². The predicted molar refractivity (Wildman–Crippen MR) is 188 cm³/mol. The van der Waals surface area contributed by atoms with Gasteiger partial charge < -0.3 is 20.6 Å². The molecule has 2 heterocycles. The molecule has 4 aromatic rings. The molecule has 246 valence electrons. The van der Waals surface area contributed by atoms with Crippen LogP contribution in [0.5, 0.6) is 5.75 Å². The zero-order valence-corrected chi connectivity index (χ0v) is 27.2. The van der Waals surface area contributed by atoms with Crippen molar-refractivity contribution in [2.24, 2.45) is 23.7 Å². The SMILES string of the molecule is CC(C)C1=C([C@H](O)CC/C(=C/c2ccccc2O)c2ccccn2)[C@H](CO)[C@@H]2C(=O)N(c3ccc(Nc4ccccc4)cc3)C(=O)[C@@H]2C1. The number of hydrogen-bond donors (Lipinski definition) is 4. The number of aliphatic hydroxyl groups excluding tert-OH is 2. The summed E-state index contributed by atoms with van der Waals surface area (Å²) < 4.78 is 0. The lowest BCUT2D eigenvalue weighted by Crippen LogP contribution is -2.39. The Labute approximate surface area is 281 Å². The summed E-state index contributed by atoms with van der Waals surface area (Å²) in [6.07, 6.45) is 3.69. The van der Waals surface area contributed by atoms with E-state index in [-0.39, 0.29) is 30.1 Å². The number of fused-ring (bicyclic) bond motifs is 1. The lowest BCUT2D eigenvalue weighted by atomic mass is 9.66. The van der Waals surface area contributed by atoms with Crippen molar-refractivity contribution in [3.8, 4) is 5.75 Å². The van der Waals surface area contributed by atoms with Gasteiger partial charge >= 0.3 is 0 Å². The molecule has 1 saturated heterocycles. The highest BCUT2D eigenvalue weighted by atomic mass is 16.3. The van der Waals surface area contributed by atoms with Crippen molar-refractivity contribution in [1.29, 1.82) is 0 Å². The number of rotatable bonds is 11. The Morgan fingerprint density at radius 1 is 0.917 bits per heavy atom. The highest BCUT2D eigenvalue weighted by molar-refractivity contribution is 6.22. The maximum absolute atomic E-state index is 14.1. The van der Waals surface area contributed by atoms with Crippen LogP contribution in [-0.4, -0.2) is 44.8 Å². The predicted octanol–water partition coefficient (Wildman–Crippen LogP) is 6.98. The molecule has 0 unspecified atom stereocenters. The van der Waals surface area contributed by atoms with E-state index in [1.807, 2.05) is 92.7 Å². The second kappa shape index (κ2) is 14.4. The van der Waals surface area contributed by atoms with Crippen molar-refractivity contribution in [1.82, 2.24) is 4.98 Å². The van der Waals surface area contributed by atoms with Gasteiger partial charge in [0, 0.05) is 29.1 Å². The number of phenols is 1. The number of phenolic OH excluding ortho intramolecular Hbond substituents is 1. The molecule has 8 heteroatoms. The quantitative estimate of drug-likeness (QED) is 0.103.